The molecule has 1 aromatic heterocycles. The number of nitrogens with zero attached hydrogens (tertiary/aromatic N) is 2. The third-order valence-electron chi connectivity index (χ3n) is 2.70. The van der Waals surface area contributed by atoms with E-state index in [4.69, 9.17) is 9.47 Å². The molecule has 0 atom stereocenters. The number of anilines is 1. The summed E-state index contributed by atoms with van der Waals surface area (Å²) in [7, 11) is 0.740. The molecule has 1 heterocycles. The largest absolute Gasteiger partial charge is 0.493 e. The van der Waals surface area contributed by atoms with E-state index in [-0.39, 0.29) is 4.90 Å². The maximum absolute atomic E-state index is 12.5. The van der Waals surface area contributed by atoms with Crippen molar-refractivity contribution in [2.75, 3.05) is 25.6 Å². The first-order chi connectivity index (χ1) is 9.50. The summed E-state index contributed by atoms with van der Waals surface area (Å²) < 4.78 is 36.3. The standard InChI is InChI=1S/C12H14N2O4S2/c1-14(12-13-6-7-19-12)20(15,16)9-4-5-10(17-2)11(8-9)18-3/h4-8H,1-3H3. The van der Waals surface area contributed by atoms with Gasteiger partial charge in [0.15, 0.2) is 16.6 Å². The summed E-state index contributed by atoms with van der Waals surface area (Å²) in [6.45, 7) is 0. The fourth-order valence-electron chi connectivity index (χ4n) is 1.61. The summed E-state index contributed by atoms with van der Waals surface area (Å²) in [5, 5.41) is 2.12. The van der Waals surface area contributed by atoms with E-state index in [1.807, 2.05) is 0 Å². The molecule has 8 heteroatoms. The van der Waals surface area contributed by atoms with Gasteiger partial charge < -0.3 is 9.47 Å². The lowest BCUT2D eigenvalue weighted by Crippen LogP contribution is -2.26. The lowest BCUT2D eigenvalue weighted by molar-refractivity contribution is 0.354. The van der Waals surface area contributed by atoms with Gasteiger partial charge in [0.25, 0.3) is 10.0 Å². The van der Waals surface area contributed by atoms with Crippen LogP contribution in [0, 0.1) is 0 Å². The average molecular weight is 314 g/mol. The molecule has 0 amide bonds. The molecular formula is C12H14N2O4S2. The normalized spacial score (nSPS) is 11.2. The second-order valence-corrected chi connectivity index (χ2v) is 6.65. The smallest absolute Gasteiger partial charge is 0.265 e. The summed E-state index contributed by atoms with van der Waals surface area (Å²) in [6, 6.07) is 4.46. The maximum Gasteiger partial charge on any atom is 0.265 e. The maximum atomic E-state index is 12.5. The third-order valence-corrected chi connectivity index (χ3v) is 5.41. The Labute approximate surface area is 121 Å². The summed E-state index contributed by atoms with van der Waals surface area (Å²) in [6.07, 6.45) is 1.56. The minimum absolute atomic E-state index is 0.118. The zero-order chi connectivity index (χ0) is 14.8. The summed E-state index contributed by atoms with van der Waals surface area (Å²) in [5.41, 5.74) is 0. The highest BCUT2D eigenvalue weighted by molar-refractivity contribution is 7.93. The van der Waals surface area contributed by atoms with Crippen molar-refractivity contribution in [1.29, 1.82) is 0 Å². The van der Waals surface area contributed by atoms with Crippen LogP contribution in [-0.2, 0) is 10.0 Å². The van der Waals surface area contributed by atoms with E-state index in [1.165, 1.54) is 44.7 Å². The molecule has 0 saturated carbocycles. The molecule has 0 aliphatic heterocycles. The molecule has 0 unspecified atom stereocenters. The molecule has 108 valence electrons. The zero-order valence-corrected chi connectivity index (χ0v) is 12.9. The molecule has 0 radical (unpaired) electrons. The minimum atomic E-state index is -3.67. The van der Waals surface area contributed by atoms with Crippen molar-refractivity contribution in [3.05, 3.63) is 29.8 Å². The Hall–Kier alpha value is -1.80. The van der Waals surface area contributed by atoms with Crippen molar-refractivity contribution in [3.63, 3.8) is 0 Å². The first kappa shape index (κ1) is 14.6. The van der Waals surface area contributed by atoms with Gasteiger partial charge in [-0.15, -0.1) is 11.3 Å². The molecule has 0 saturated heterocycles. The highest BCUT2D eigenvalue weighted by atomic mass is 32.2. The number of methoxy groups -OCH3 is 2. The van der Waals surface area contributed by atoms with Crippen LogP contribution < -0.4 is 13.8 Å². The molecule has 6 nitrogen and oxygen atoms in total. The minimum Gasteiger partial charge on any atom is -0.493 e. The van der Waals surface area contributed by atoms with Crippen molar-refractivity contribution in [1.82, 2.24) is 4.98 Å². The van der Waals surface area contributed by atoms with Crippen LogP contribution in [0.15, 0.2) is 34.7 Å². The molecular weight excluding hydrogens is 300 g/mol. The summed E-state index contributed by atoms with van der Waals surface area (Å²) in [5.74, 6) is 0.837. The van der Waals surface area contributed by atoms with E-state index < -0.39 is 10.0 Å². The van der Waals surface area contributed by atoms with E-state index in [0.29, 0.717) is 16.6 Å². The molecule has 1 aromatic carbocycles. The number of benzene rings is 1. The van der Waals surface area contributed by atoms with Crippen molar-refractivity contribution in [2.45, 2.75) is 4.90 Å². The van der Waals surface area contributed by atoms with E-state index in [0.717, 1.165) is 4.31 Å². The second-order valence-electron chi connectivity index (χ2n) is 3.80. The highest BCUT2D eigenvalue weighted by Gasteiger charge is 2.24. The van der Waals surface area contributed by atoms with E-state index in [1.54, 1.807) is 17.6 Å². The van der Waals surface area contributed by atoms with Crippen LogP contribution in [0.3, 0.4) is 0 Å². The van der Waals surface area contributed by atoms with Gasteiger partial charge in [0.05, 0.1) is 19.1 Å². The number of hydrogen-bond acceptors (Lipinski definition) is 6. The van der Waals surface area contributed by atoms with Crippen LogP contribution in [0.5, 0.6) is 11.5 Å². The number of hydrogen-bond donors (Lipinski definition) is 0. The Morgan fingerprint density at radius 1 is 1.20 bits per heavy atom. The Morgan fingerprint density at radius 2 is 1.90 bits per heavy atom. The van der Waals surface area contributed by atoms with Gasteiger partial charge in [-0.05, 0) is 12.1 Å². The lowest BCUT2D eigenvalue weighted by Gasteiger charge is -2.17. The van der Waals surface area contributed by atoms with Gasteiger partial charge in [0.1, 0.15) is 0 Å². The van der Waals surface area contributed by atoms with E-state index in [2.05, 4.69) is 4.98 Å². The van der Waals surface area contributed by atoms with Gasteiger partial charge in [0, 0.05) is 24.7 Å². The number of thiazole rings is 1. The highest BCUT2D eigenvalue weighted by Crippen LogP contribution is 2.31. The average Bonchev–Trinajstić information content (AvgIpc) is 2.99. The van der Waals surface area contributed by atoms with Crippen molar-refractivity contribution < 1.29 is 17.9 Å². The van der Waals surface area contributed by atoms with Crippen molar-refractivity contribution in [2.24, 2.45) is 0 Å². The Bertz CT molecular complexity index is 683. The van der Waals surface area contributed by atoms with Gasteiger partial charge in [-0.2, -0.15) is 0 Å². The fourth-order valence-corrected chi connectivity index (χ4v) is 3.61. The van der Waals surface area contributed by atoms with Crippen LogP contribution in [0.25, 0.3) is 0 Å². The molecule has 0 aliphatic rings. The zero-order valence-electron chi connectivity index (χ0n) is 11.2. The molecule has 2 aromatic rings. The predicted octanol–water partition coefficient (Wildman–Crippen LogP) is 1.99. The topological polar surface area (TPSA) is 68.7 Å². The SMILES string of the molecule is COc1ccc(S(=O)(=O)N(C)c2nccs2)cc1OC. The molecule has 2 rings (SSSR count). The second kappa shape index (κ2) is 5.68. The van der Waals surface area contributed by atoms with Gasteiger partial charge in [0.2, 0.25) is 0 Å². The van der Waals surface area contributed by atoms with Crippen LogP contribution in [0.4, 0.5) is 5.13 Å². The monoisotopic (exact) mass is 314 g/mol. The van der Waals surface area contributed by atoms with E-state index >= 15 is 0 Å². The van der Waals surface area contributed by atoms with Crippen LogP contribution in [-0.4, -0.2) is 34.7 Å². The molecule has 0 aliphatic carbocycles. The van der Waals surface area contributed by atoms with Gasteiger partial charge in [-0.25, -0.2) is 17.7 Å². The first-order valence-electron chi connectivity index (χ1n) is 5.61. The van der Waals surface area contributed by atoms with Crippen molar-refractivity contribution in [3.8, 4) is 11.5 Å². The molecule has 20 heavy (non-hydrogen) atoms. The Balaban J connectivity index is 2.44. The molecule has 0 fully saturated rings. The summed E-state index contributed by atoms with van der Waals surface area (Å²) in [4.78, 5) is 4.11. The van der Waals surface area contributed by atoms with Gasteiger partial charge >= 0.3 is 0 Å². The fraction of sp³-hybridized carbons (Fsp3) is 0.250. The first-order valence-corrected chi connectivity index (χ1v) is 7.93. The molecule has 0 N–H and O–H groups in total. The number of rotatable bonds is 5. The molecule has 0 spiro atoms. The van der Waals surface area contributed by atoms with Gasteiger partial charge in [-0.1, -0.05) is 0 Å². The predicted molar refractivity (Wildman–Crippen MR) is 77.2 cm³/mol. The van der Waals surface area contributed by atoms with E-state index in [9.17, 15) is 8.42 Å². The van der Waals surface area contributed by atoms with Gasteiger partial charge in [-0.3, -0.25) is 0 Å². The Kier molecular flexibility index (Phi) is 4.15. The van der Waals surface area contributed by atoms with Crippen molar-refractivity contribution >= 4 is 26.5 Å². The van der Waals surface area contributed by atoms with Crippen LogP contribution in [0.2, 0.25) is 0 Å². The number of sulfonamides is 1. The van der Waals surface area contributed by atoms with Crippen LogP contribution >= 0.6 is 11.3 Å². The molecule has 0 bridgehead atoms. The summed E-state index contributed by atoms with van der Waals surface area (Å²) >= 11 is 1.25. The lowest BCUT2D eigenvalue weighted by atomic mass is 10.3. The van der Waals surface area contributed by atoms with Crippen LogP contribution in [0.1, 0.15) is 0 Å². The third kappa shape index (κ3) is 2.56. The number of aromatic nitrogens is 1. The Morgan fingerprint density at radius 3 is 2.45 bits per heavy atom. The number of ether oxygens (including phenoxy) is 2. The quantitative estimate of drug-likeness (QED) is 0.844.